The van der Waals surface area contributed by atoms with E-state index in [1.807, 2.05) is 0 Å². The third-order valence-corrected chi connectivity index (χ3v) is 4.40. The molecule has 2 nitrogen and oxygen atoms in total. The van der Waals surface area contributed by atoms with Crippen LogP contribution < -0.4 is 5.32 Å². The third kappa shape index (κ3) is 5.87. The average molecular weight is 241 g/mol. The van der Waals surface area contributed by atoms with Crippen molar-refractivity contribution in [1.82, 2.24) is 5.32 Å². The van der Waals surface area contributed by atoms with Crippen molar-refractivity contribution in [2.24, 2.45) is 11.8 Å². The average Bonchev–Trinajstić information content (AvgIpc) is 2.37. The van der Waals surface area contributed by atoms with E-state index in [1.165, 1.54) is 38.5 Å². The van der Waals surface area contributed by atoms with Crippen LogP contribution in [0.3, 0.4) is 0 Å². The zero-order chi connectivity index (χ0) is 12.5. The Labute approximate surface area is 107 Å². The fourth-order valence-corrected chi connectivity index (χ4v) is 3.03. The van der Waals surface area contributed by atoms with Crippen molar-refractivity contribution in [2.45, 2.75) is 71.3 Å². The lowest BCUT2D eigenvalue weighted by molar-refractivity contribution is 0.101. The van der Waals surface area contributed by atoms with E-state index in [1.54, 1.807) is 0 Å². The van der Waals surface area contributed by atoms with Crippen molar-refractivity contribution < 1.29 is 5.11 Å². The highest BCUT2D eigenvalue weighted by Crippen LogP contribution is 2.25. The lowest BCUT2D eigenvalue weighted by Gasteiger charge is -2.23. The second-order valence-corrected chi connectivity index (χ2v) is 5.64. The molecule has 0 heterocycles. The molecular formula is C15H31NO. The molecule has 1 atom stereocenters. The molecule has 0 bridgehead atoms. The van der Waals surface area contributed by atoms with Crippen LogP contribution in [0.1, 0.15) is 65.2 Å². The third-order valence-electron chi connectivity index (χ3n) is 4.40. The van der Waals surface area contributed by atoms with Gasteiger partial charge < -0.3 is 10.4 Å². The fraction of sp³-hybridized carbons (Fsp3) is 1.00. The van der Waals surface area contributed by atoms with Gasteiger partial charge in [-0.2, -0.15) is 0 Å². The van der Waals surface area contributed by atoms with Crippen molar-refractivity contribution >= 4 is 0 Å². The quantitative estimate of drug-likeness (QED) is 0.639. The van der Waals surface area contributed by atoms with Crippen LogP contribution in [0.2, 0.25) is 0 Å². The first kappa shape index (κ1) is 15.0. The molecule has 2 heteroatoms. The molecule has 102 valence electrons. The van der Waals surface area contributed by atoms with Gasteiger partial charge in [-0.05, 0) is 24.8 Å². The van der Waals surface area contributed by atoms with E-state index in [2.05, 4.69) is 19.2 Å². The Balaban J connectivity index is 2.02. The molecule has 0 aromatic heterocycles. The molecule has 1 fully saturated rings. The topological polar surface area (TPSA) is 32.3 Å². The molecule has 0 aromatic rings. The van der Waals surface area contributed by atoms with Crippen molar-refractivity contribution in [3.8, 4) is 0 Å². The molecule has 1 rings (SSSR count). The zero-order valence-corrected chi connectivity index (χ0v) is 11.8. The van der Waals surface area contributed by atoms with E-state index in [0.717, 1.165) is 31.8 Å². The van der Waals surface area contributed by atoms with Gasteiger partial charge >= 0.3 is 0 Å². The first-order chi connectivity index (χ1) is 8.27. The van der Waals surface area contributed by atoms with Gasteiger partial charge in [0.05, 0.1) is 6.10 Å². The van der Waals surface area contributed by atoms with Crippen molar-refractivity contribution in [2.75, 3.05) is 13.1 Å². The maximum absolute atomic E-state index is 9.98. The summed E-state index contributed by atoms with van der Waals surface area (Å²) in [5, 5.41) is 13.4. The van der Waals surface area contributed by atoms with E-state index < -0.39 is 0 Å². The number of hydrogen-bond acceptors (Lipinski definition) is 2. The predicted molar refractivity (Wildman–Crippen MR) is 74.1 cm³/mol. The predicted octanol–water partition coefficient (Wildman–Crippen LogP) is 3.34. The maximum atomic E-state index is 9.98. The summed E-state index contributed by atoms with van der Waals surface area (Å²) >= 11 is 0. The summed E-state index contributed by atoms with van der Waals surface area (Å²) in [5.74, 6) is 1.42. The summed E-state index contributed by atoms with van der Waals surface area (Å²) in [5.41, 5.74) is 0. The molecule has 0 spiro atoms. The van der Waals surface area contributed by atoms with Gasteiger partial charge in [0, 0.05) is 6.54 Å². The van der Waals surface area contributed by atoms with Crippen LogP contribution in [0.25, 0.3) is 0 Å². The van der Waals surface area contributed by atoms with Gasteiger partial charge in [0.1, 0.15) is 0 Å². The van der Waals surface area contributed by atoms with Crippen LogP contribution in [-0.4, -0.2) is 24.3 Å². The zero-order valence-electron chi connectivity index (χ0n) is 11.8. The summed E-state index contributed by atoms with van der Waals surface area (Å²) in [4.78, 5) is 0. The Kier molecular flexibility index (Phi) is 7.87. The lowest BCUT2D eigenvalue weighted by atomic mass is 9.87. The SMILES string of the molecule is CCC(CC)C(O)CNCCC1CCCCC1. The fourth-order valence-electron chi connectivity index (χ4n) is 3.03. The number of nitrogens with one attached hydrogen (secondary N) is 1. The Morgan fingerprint density at radius 2 is 1.76 bits per heavy atom. The normalized spacial score (nSPS) is 19.8. The second kappa shape index (κ2) is 8.93. The van der Waals surface area contributed by atoms with Gasteiger partial charge in [-0.3, -0.25) is 0 Å². The van der Waals surface area contributed by atoms with Crippen molar-refractivity contribution in [3.05, 3.63) is 0 Å². The van der Waals surface area contributed by atoms with Gasteiger partial charge in [-0.15, -0.1) is 0 Å². The van der Waals surface area contributed by atoms with Crippen LogP contribution in [0, 0.1) is 11.8 Å². The largest absolute Gasteiger partial charge is 0.392 e. The molecule has 0 radical (unpaired) electrons. The minimum atomic E-state index is -0.156. The second-order valence-electron chi connectivity index (χ2n) is 5.64. The minimum Gasteiger partial charge on any atom is -0.392 e. The molecule has 0 aliphatic heterocycles. The molecule has 0 aromatic carbocycles. The Morgan fingerprint density at radius 1 is 1.12 bits per heavy atom. The molecule has 0 saturated heterocycles. The Hall–Kier alpha value is -0.0800. The molecule has 1 aliphatic carbocycles. The van der Waals surface area contributed by atoms with Gasteiger partial charge in [-0.1, -0.05) is 58.8 Å². The van der Waals surface area contributed by atoms with Crippen LogP contribution in [0.4, 0.5) is 0 Å². The summed E-state index contributed by atoms with van der Waals surface area (Å²) in [6.07, 6.45) is 10.5. The minimum absolute atomic E-state index is 0.156. The van der Waals surface area contributed by atoms with Gasteiger partial charge in [0.2, 0.25) is 0 Å². The monoisotopic (exact) mass is 241 g/mol. The van der Waals surface area contributed by atoms with Crippen LogP contribution in [0.5, 0.6) is 0 Å². The standard InChI is InChI=1S/C15H31NO/c1-3-14(4-2)15(17)12-16-11-10-13-8-6-5-7-9-13/h13-17H,3-12H2,1-2H3. The first-order valence-corrected chi connectivity index (χ1v) is 7.66. The van der Waals surface area contributed by atoms with E-state index in [0.29, 0.717) is 5.92 Å². The van der Waals surface area contributed by atoms with E-state index in [4.69, 9.17) is 0 Å². The highest BCUT2D eigenvalue weighted by Gasteiger charge is 2.16. The van der Waals surface area contributed by atoms with E-state index >= 15 is 0 Å². The smallest absolute Gasteiger partial charge is 0.0692 e. The summed E-state index contributed by atoms with van der Waals surface area (Å²) < 4.78 is 0. The maximum Gasteiger partial charge on any atom is 0.0692 e. The Bertz CT molecular complexity index is 174. The van der Waals surface area contributed by atoms with Gasteiger partial charge in [0.15, 0.2) is 0 Å². The number of aliphatic hydroxyl groups excluding tert-OH is 1. The molecule has 17 heavy (non-hydrogen) atoms. The van der Waals surface area contributed by atoms with Gasteiger partial charge in [0.25, 0.3) is 0 Å². The van der Waals surface area contributed by atoms with Crippen molar-refractivity contribution in [3.63, 3.8) is 0 Å². The van der Waals surface area contributed by atoms with E-state index in [-0.39, 0.29) is 6.10 Å². The summed E-state index contributed by atoms with van der Waals surface area (Å²) in [6, 6.07) is 0. The Morgan fingerprint density at radius 3 is 2.35 bits per heavy atom. The first-order valence-electron chi connectivity index (χ1n) is 7.66. The van der Waals surface area contributed by atoms with Crippen LogP contribution >= 0.6 is 0 Å². The highest BCUT2D eigenvalue weighted by atomic mass is 16.3. The number of rotatable bonds is 8. The number of hydrogen-bond donors (Lipinski definition) is 2. The molecule has 1 unspecified atom stereocenters. The molecule has 1 saturated carbocycles. The lowest BCUT2D eigenvalue weighted by Crippen LogP contribution is -2.33. The van der Waals surface area contributed by atoms with Crippen LogP contribution in [0.15, 0.2) is 0 Å². The highest BCUT2D eigenvalue weighted by molar-refractivity contribution is 4.70. The molecule has 0 amide bonds. The van der Waals surface area contributed by atoms with Gasteiger partial charge in [-0.25, -0.2) is 0 Å². The van der Waals surface area contributed by atoms with Crippen molar-refractivity contribution in [1.29, 1.82) is 0 Å². The summed E-state index contributed by atoms with van der Waals surface area (Å²) in [7, 11) is 0. The molecular weight excluding hydrogens is 210 g/mol. The number of aliphatic hydroxyl groups is 1. The van der Waals surface area contributed by atoms with E-state index in [9.17, 15) is 5.11 Å². The molecule has 1 aliphatic rings. The summed E-state index contributed by atoms with van der Waals surface area (Å²) in [6.45, 7) is 6.19. The van der Waals surface area contributed by atoms with Crippen LogP contribution in [-0.2, 0) is 0 Å². The molecule has 2 N–H and O–H groups in total.